The van der Waals surface area contributed by atoms with Crippen molar-refractivity contribution in [3.05, 3.63) is 59.1 Å². The Kier molecular flexibility index (Phi) is 3.30. The fourth-order valence-electron chi connectivity index (χ4n) is 1.92. The summed E-state index contributed by atoms with van der Waals surface area (Å²) in [6.45, 7) is 0.563. The van der Waals surface area contributed by atoms with Crippen molar-refractivity contribution < 1.29 is 9.90 Å². The molecule has 1 aromatic carbocycles. The summed E-state index contributed by atoms with van der Waals surface area (Å²) >= 11 is 1.63. The van der Waals surface area contributed by atoms with Crippen molar-refractivity contribution in [2.45, 2.75) is 6.54 Å². The molecule has 2 heterocycles. The maximum Gasteiger partial charge on any atom is 0.335 e. The van der Waals surface area contributed by atoms with Crippen LogP contribution in [-0.4, -0.2) is 26.1 Å². The lowest BCUT2D eigenvalue weighted by Gasteiger charge is -2.05. The van der Waals surface area contributed by atoms with E-state index in [-0.39, 0.29) is 5.56 Å². The van der Waals surface area contributed by atoms with Gasteiger partial charge in [-0.15, -0.1) is 16.4 Å². The molecule has 0 amide bonds. The van der Waals surface area contributed by atoms with E-state index in [4.69, 9.17) is 5.11 Å². The quantitative estimate of drug-likeness (QED) is 0.800. The number of aromatic nitrogens is 3. The molecule has 0 fully saturated rings. The van der Waals surface area contributed by atoms with Crippen molar-refractivity contribution in [2.75, 3.05) is 0 Å². The zero-order valence-electron chi connectivity index (χ0n) is 10.4. The zero-order valence-corrected chi connectivity index (χ0v) is 11.2. The average molecular weight is 285 g/mol. The number of nitrogens with zero attached hydrogens (tertiary/aromatic N) is 3. The maximum absolute atomic E-state index is 10.8. The topological polar surface area (TPSA) is 68.0 Å². The second-order valence-electron chi connectivity index (χ2n) is 4.26. The van der Waals surface area contributed by atoms with Crippen molar-refractivity contribution in [1.29, 1.82) is 0 Å². The van der Waals surface area contributed by atoms with Gasteiger partial charge >= 0.3 is 5.97 Å². The van der Waals surface area contributed by atoms with Crippen LogP contribution in [0, 0.1) is 0 Å². The molecule has 0 spiro atoms. The van der Waals surface area contributed by atoms with Gasteiger partial charge in [-0.2, -0.15) is 0 Å². The number of carboxylic acids is 1. The Morgan fingerprint density at radius 2 is 2.05 bits per heavy atom. The van der Waals surface area contributed by atoms with Crippen LogP contribution in [0.25, 0.3) is 10.6 Å². The van der Waals surface area contributed by atoms with Gasteiger partial charge in [-0.25, -0.2) is 9.48 Å². The van der Waals surface area contributed by atoms with E-state index in [1.54, 1.807) is 41.8 Å². The monoisotopic (exact) mass is 285 g/mol. The normalized spacial score (nSPS) is 10.6. The average Bonchev–Trinajstić information content (AvgIpc) is 3.09. The molecule has 0 unspecified atom stereocenters. The van der Waals surface area contributed by atoms with Crippen LogP contribution in [0.1, 0.15) is 15.9 Å². The Morgan fingerprint density at radius 1 is 1.25 bits per heavy atom. The van der Waals surface area contributed by atoms with E-state index in [2.05, 4.69) is 10.3 Å². The molecule has 0 saturated heterocycles. The van der Waals surface area contributed by atoms with Gasteiger partial charge in [0.1, 0.15) is 0 Å². The van der Waals surface area contributed by atoms with Gasteiger partial charge < -0.3 is 5.11 Å². The minimum atomic E-state index is -0.920. The van der Waals surface area contributed by atoms with Crippen molar-refractivity contribution in [1.82, 2.24) is 15.0 Å². The van der Waals surface area contributed by atoms with Crippen LogP contribution in [0.2, 0.25) is 0 Å². The number of hydrogen-bond donors (Lipinski definition) is 1. The lowest BCUT2D eigenvalue weighted by molar-refractivity contribution is 0.0697. The highest BCUT2D eigenvalue weighted by Gasteiger charge is 2.08. The summed E-state index contributed by atoms with van der Waals surface area (Å²) in [5.41, 5.74) is 2.23. The molecule has 0 radical (unpaired) electrons. The summed E-state index contributed by atoms with van der Waals surface area (Å²) in [5, 5.41) is 18.9. The molecule has 3 rings (SSSR count). The minimum absolute atomic E-state index is 0.283. The molecule has 20 heavy (non-hydrogen) atoms. The Hall–Kier alpha value is -2.47. The Balaban J connectivity index is 1.85. The molecule has 1 N–H and O–H groups in total. The summed E-state index contributed by atoms with van der Waals surface area (Å²) in [6, 6.07) is 10.8. The van der Waals surface area contributed by atoms with Crippen LogP contribution in [0.4, 0.5) is 0 Å². The number of carbonyl (C=O) groups is 1. The van der Waals surface area contributed by atoms with E-state index in [1.807, 2.05) is 22.2 Å². The van der Waals surface area contributed by atoms with Gasteiger partial charge in [0, 0.05) is 0 Å². The molecule has 6 heteroatoms. The number of thiophene rings is 1. The zero-order chi connectivity index (χ0) is 13.9. The smallest absolute Gasteiger partial charge is 0.335 e. The minimum Gasteiger partial charge on any atom is -0.478 e. The Bertz CT molecular complexity index is 717. The predicted octanol–water partition coefficient (Wildman–Crippen LogP) is 2.75. The first-order chi connectivity index (χ1) is 9.74. The van der Waals surface area contributed by atoms with Crippen molar-refractivity contribution in [3.8, 4) is 10.6 Å². The molecule has 0 aliphatic heterocycles. The van der Waals surface area contributed by atoms with Crippen molar-refractivity contribution >= 4 is 17.3 Å². The molecule has 0 atom stereocenters. The highest BCUT2D eigenvalue weighted by atomic mass is 32.1. The molecule has 0 aliphatic rings. The number of benzene rings is 1. The van der Waals surface area contributed by atoms with E-state index in [1.165, 1.54) is 0 Å². The molecule has 2 aromatic heterocycles. The predicted molar refractivity (Wildman–Crippen MR) is 75.8 cm³/mol. The Labute approximate surface area is 119 Å². The van der Waals surface area contributed by atoms with Crippen LogP contribution < -0.4 is 0 Å². The standard InChI is InChI=1S/C14H11N3O2S/c18-14(19)11-5-3-10(4-6-11)9-17-12(8-15-16-17)13-2-1-7-20-13/h1-8H,9H2,(H,18,19). The van der Waals surface area contributed by atoms with Gasteiger partial charge in [-0.05, 0) is 29.1 Å². The second kappa shape index (κ2) is 5.26. The lowest BCUT2D eigenvalue weighted by atomic mass is 10.1. The summed E-state index contributed by atoms with van der Waals surface area (Å²) in [6.07, 6.45) is 1.73. The lowest BCUT2D eigenvalue weighted by Crippen LogP contribution is -2.04. The van der Waals surface area contributed by atoms with E-state index >= 15 is 0 Å². The fourth-order valence-corrected chi connectivity index (χ4v) is 2.65. The van der Waals surface area contributed by atoms with Gasteiger partial charge in [0.05, 0.1) is 28.9 Å². The summed E-state index contributed by atoms with van der Waals surface area (Å²) in [5.74, 6) is -0.920. The summed E-state index contributed by atoms with van der Waals surface area (Å²) < 4.78 is 1.81. The van der Waals surface area contributed by atoms with E-state index in [0.29, 0.717) is 6.54 Å². The molecule has 100 valence electrons. The van der Waals surface area contributed by atoms with Crippen LogP contribution in [0.5, 0.6) is 0 Å². The van der Waals surface area contributed by atoms with E-state index < -0.39 is 5.97 Å². The highest BCUT2D eigenvalue weighted by molar-refractivity contribution is 7.13. The summed E-state index contributed by atoms with van der Waals surface area (Å²) in [4.78, 5) is 11.9. The molecule has 0 bridgehead atoms. The molecule has 0 aliphatic carbocycles. The molecular weight excluding hydrogens is 274 g/mol. The first-order valence-corrected chi connectivity index (χ1v) is 6.86. The van der Waals surface area contributed by atoms with Crippen LogP contribution >= 0.6 is 11.3 Å². The maximum atomic E-state index is 10.8. The van der Waals surface area contributed by atoms with Crippen molar-refractivity contribution in [3.63, 3.8) is 0 Å². The van der Waals surface area contributed by atoms with E-state index in [0.717, 1.165) is 16.1 Å². The molecular formula is C14H11N3O2S. The first-order valence-electron chi connectivity index (χ1n) is 5.98. The number of rotatable bonds is 4. The SMILES string of the molecule is O=C(O)c1ccc(Cn2nncc2-c2cccs2)cc1. The highest BCUT2D eigenvalue weighted by Crippen LogP contribution is 2.23. The van der Waals surface area contributed by atoms with Gasteiger partial charge in [-0.1, -0.05) is 23.4 Å². The van der Waals surface area contributed by atoms with E-state index in [9.17, 15) is 4.79 Å². The van der Waals surface area contributed by atoms with Gasteiger partial charge in [0.25, 0.3) is 0 Å². The van der Waals surface area contributed by atoms with Crippen LogP contribution in [0.15, 0.2) is 48.0 Å². The fraction of sp³-hybridized carbons (Fsp3) is 0.0714. The number of aromatic carboxylic acids is 1. The largest absolute Gasteiger partial charge is 0.478 e. The van der Waals surface area contributed by atoms with Gasteiger partial charge in [0.15, 0.2) is 0 Å². The molecule has 5 nitrogen and oxygen atoms in total. The Morgan fingerprint density at radius 3 is 2.70 bits per heavy atom. The molecule has 0 saturated carbocycles. The van der Waals surface area contributed by atoms with Crippen LogP contribution in [-0.2, 0) is 6.54 Å². The van der Waals surface area contributed by atoms with Gasteiger partial charge in [0.2, 0.25) is 0 Å². The first kappa shape index (κ1) is 12.6. The summed E-state index contributed by atoms with van der Waals surface area (Å²) in [7, 11) is 0. The molecule has 3 aromatic rings. The van der Waals surface area contributed by atoms with Crippen molar-refractivity contribution in [2.24, 2.45) is 0 Å². The second-order valence-corrected chi connectivity index (χ2v) is 5.20. The number of hydrogen-bond acceptors (Lipinski definition) is 4. The third-order valence-electron chi connectivity index (χ3n) is 2.92. The number of carboxylic acid groups (broad SMARTS) is 1. The van der Waals surface area contributed by atoms with Crippen LogP contribution in [0.3, 0.4) is 0 Å². The third-order valence-corrected chi connectivity index (χ3v) is 3.82. The van der Waals surface area contributed by atoms with Gasteiger partial charge in [-0.3, -0.25) is 0 Å². The third kappa shape index (κ3) is 2.46.